The van der Waals surface area contributed by atoms with Crippen molar-refractivity contribution < 1.29 is 35.9 Å². The van der Waals surface area contributed by atoms with Gasteiger partial charge in [0.15, 0.2) is 5.54 Å². The number of rotatable bonds is 3. The molecule has 1 aromatic heterocycles. The van der Waals surface area contributed by atoms with Crippen LogP contribution >= 0.6 is 0 Å². The molecule has 0 aliphatic carbocycles. The van der Waals surface area contributed by atoms with Crippen molar-refractivity contribution in [1.82, 2.24) is 4.98 Å². The van der Waals surface area contributed by atoms with Gasteiger partial charge in [-0.25, -0.2) is 13.2 Å². The number of benzene rings is 1. The van der Waals surface area contributed by atoms with E-state index in [0.29, 0.717) is 6.07 Å². The Hall–Kier alpha value is -3.15. The number of nitrogens with two attached hydrogens (primary N) is 1. The Morgan fingerprint density at radius 2 is 1.97 bits per heavy atom. The minimum atomic E-state index is -4.85. The number of alkyl halides is 5. The van der Waals surface area contributed by atoms with Gasteiger partial charge in [0.2, 0.25) is 0 Å². The summed E-state index contributed by atoms with van der Waals surface area (Å²) in [6.07, 6.45) is -3.86. The van der Waals surface area contributed by atoms with E-state index in [2.05, 4.69) is 15.3 Å². The molecule has 0 unspecified atom stereocenters. The second kappa shape index (κ2) is 7.84. The van der Waals surface area contributed by atoms with Crippen LogP contribution in [0.2, 0.25) is 0 Å². The number of aromatic nitrogens is 1. The van der Waals surface area contributed by atoms with E-state index < -0.39 is 52.8 Å². The summed E-state index contributed by atoms with van der Waals surface area (Å²) in [5.74, 6) is -6.30. The Morgan fingerprint density at radius 3 is 2.65 bits per heavy atom. The number of pyridine rings is 1. The number of halogens is 6. The minimum Gasteiger partial charge on any atom is -0.385 e. The van der Waals surface area contributed by atoms with Crippen molar-refractivity contribution >= 4 is 17.4 Å². The predicted octanol–water partition coefficient (Wildman–Crippen LogP) is 3.73. The largest absolute Gasteiger partial charge is 0.418 e. The number of nitrogens with zero attached hydrogens (tertiary/aromatic N) is 2. The van der Waals surface area contributed by atoms with Crippen molar-refractivity contribution in [3.8, 4) is 0 Å². The van der Waals surface area contributed by atoms with E-state index in [1.165, 1.54) is 0 Å². The zero-order chi connectivity index (χ0) is 23.0. The monoisotopic (exact) mass is 446 g/mol. The van der Waals surface area contributed by atoms with Gasteiger partial charge < -0.3 is 15.8 Å². The first-order valence-electron chi connectivity index (χ1n) is 8.78. The fourth-order valence-electron chi connectivity index (χ4n) is 3.06. The Morgan fingerprint density at radius 1 is 1.26 bits per heavy atom. The Bertz CT molecular complexity index is 1040. The summed E-state index contributed by atoms with van der Waals surface area (Å²) >= 11 is 0. The maximum Gasteiger partial charge on any atom is 0.418 e. The fourth-order valence-corrected chi connectivity index (χ4v) is 3.06. The number of amides is 1. The van der Waals surface area contributed by atoms with Gasteiger partial charge in [-0.2, -0.15) is 13.2 Å². The summed E-state index contributed by atoms with van der Waals surface area (Å²) in [4.78, 5) is 19.6. The molecule has 0 saturated heterocycles. The van der Waals surface area contributed by atoms with Crippen molar-refractivity contribution in [1.29, 1.82) is 0 Å². The number of amidine groups is 1. The molecular formula is C19H16F6N4O2. The molecule has 3 rings (SSSR count). The average molecular weight is 446 g/mol. The van der Waals surface area contributed by atoms with Gasteiger partial charge in [0.05, 0.1) is 5.56 Å². The molecule has 3 N–H and O–H groups in total. The third-order valence-electron chi connectivity index (χ3n) is 4.69. The SMILES string of the molecule is C[C@]1(c2cc(NC(=O)c3ncccc3C(F)(F)F)ccc2F)N=C(N)COCC1(F)F. The summed E-state index contributed by atoms with van der Waals surface area (Å²) in [6.45, 7) is -0.533. The highest BCUT2D eigenvalue weighted by Gasteiger charge is 2.54. The summed E-state index contributed by atoms with van der Waals surface area (Å²) in [5.41, 5.74) is -0.00754. The lowest BCUT2D eigenvalue weighted by atomic mass is 9.85. The quantitative estimate of drug-likeness (QED) is 0.704. The van der Waals surface area contributed by atoms with Crippen molar-refractivity contribution in [2.45, 2.75) is 24.6 Å². The first kappa shape index (κ1) is 22.5. The number of carbonyl (C=O) groups excluding carboxylic acids is 1. The van der Waals surface area contributed by atoms with Gasteiger partial charge in [0.1, 0.15) is 30.6 Å². The molecule has 2 aromatic rings. The van der Waals surface area contributed by atoms with Gasteiger partial charge in [0.25, 0.3) is 11.8 Å². The van der Waals surface area contributed by atoms with E-state index in [1.54, 1.807) is 0 Å². The van der Waals surface area contributed by atoms with Crippen molar-refractivity contribution in [2.24, 2.45) is 10.7 Å². The normalized spacial score (nSPS) is 21.2. The summed E-state index contributed by atoms with van der Waals surface area (Å²) in [7, 11) is 0. The minimum absolute atomic E-state index is 0.240. The number of carbonyl (C=O) groups is 1. The molecule has 1 aliphatic heterocycles. The maximum absolute atomic E-state index is 14.7. The predicted molar refractivity (Wildman–Crippen MR) is 98.3 cm³/mol. The Kier molecular flexibility index (Phi) is 5.70. The zero-order valence-electron chi connectivity index (χ0n) is 15.9. The van der Waals surface area contributed by atoms with E-state index >= 15 is 0 Å². The molecule has 2 heterocycles. The van der Waals surface area contributed by atoms with Crippen LogP contribution in [0.5, 0.6) is 0 Å². The zero-order valence-corrected chi connectivity index (χ0v) is 15.9. The first-order valence-corrected chi connectivity index (χ1v) is 8.78. The highest BCUT2D eigenvalue weighted by Crippen LogP contribution is 2.44. The highest BCUT2D eigenvalue weighted by molar-refractivity contribution is 6.04. The van der Waals surface area contributed by atoms with Crippen LogP contribution in [-0.2, 0) is 16.5 Å². The lowest BCUT2D eigenvalue weighted by molar-refractivity contribution is -0.138. The number of hydrogen-bond donors (Lipinski definition) is 2. The molecule has 1 aliphatic rings. The van der Waals surface area contributed by atoms with Crippen LogP contribution in [0.25, 0.3) is 0 Å². The number of anilines is 1. The van der Waals surface area contributed by atoms with Gasteiger partial charge in [0, 0.05) is 17.4 Å². The molecule has 1 atom stereocenters. The maximum atomic E-state index is 14.7. The molecule has 12 heteroatoms. The molecule has 0 radical (unpaired) electrons. The van der Waals surface area contributed by atoms with Crippen LogP contribution in [0, 0.1) is 5.82 Å². The molecular weight excluding hydrogens is 430 g/mol. The first-order chi connectivity index (χ1) is 14.3. The molecule has 0 saturated carbocycles. The lowest BCUT2D eigenvalue weighted by Gasteiger charge is -2.33. The molecule has 166 valence electrons. The fraction of sp³-hybridized carbons (Fsp3) is 0.316. The van der Waals surface area contributed by atoms with E-state index in [-0.39, 0.29) is 18.1 Å². The smallest absolute Gasteiger partial charge is 0.385 e. The van der Waals surface area contributed by atoms with Crippen LogP contribution < -0.4 is 11.1 Å². The summed E-state index contributed by atoms with van der Waals surface area (Å²) < 4.78 is 88.1. The van der Waals surface area contributed by atoms with Crippen molar-refractivity contribution in [3.63, 3.8) is 0 Å². The topological polar surface area (TPSA) is 89.6 Å². The van der Waals surface area contributed by atoms with Gasteiger partial charge in [-0.3, -0.25) is 14.8 Å². The van der Waals surface area contributed by atoms with Gasteiger partial charge in [-0.1, -0.05) is 0 Å². The molecule has 6 nitrogen and oxygen atoms in total. The van der Waals surface area contributed by atoms with Crippen LogP contribution in [0.1, 0.15) is 28.5 Å². The van der Waals surface area contributed by atoms with Crippen molar-refractivity contribution in [3.05, 3.63) is 59.2 Å². The van der Waals surface area contributed by atoms with Crippen LogP contribution in [0.15, 0.2) is 41.5 Å². The van der Waals surface area contributed by atoms with Crippen molar-refractivity contribution in [2.75, 3.05) is 18.5 Å². The van der Waals surface area contributed by atoms with E-state index in [1.807, 2.05) is 0 Å². The average Bonchev–Trinajstić information content (AvgIpc) is 2.78. The molecule has 0 bridgehead atoms. The van der Waals surface area contributed by atoms with E-state index in [4.69, 9.17) is 10.5 Å². The Labute approximate surface area is 172 Å². The molecule has 0 spiro atoms. The third kappa shape index (κ3) is 4.33. The van der Waals surface area contributed by atoms with Gasteiger partial charge >= 0.3 is 6.18 Å². The van der Waals surface area contributed by atoms with Crippen LogP contribution in [-0.4, -0.2) is 35.9 Å². The van der Waals surface area contributed by atoms with Gasteiger partial charge in [-0.05, 0) is 37.3 Å². The lowest BCUT2D eigenvalue weighted by Crippen LogP contribution is -2.45. The molecule has 1 aromatic carbocycles. The molecule has 1 amide bonds. The standard InChI is InChI=1S/C19H16F6N4O2/c1-17(18(21,22)9-31-8-14(26)29-17)12-7-10(4-5-13(12)20)28-16(30)15-11(19(23,24)25)3-2-6-27-15/h2-7H,8-9H2,1H3,(H2,26,29)(H,28,30)/t17-/m1/s1. The van der Waals surface area contributed by atoms with Crippen LogP contribution in [0.3, 0.4) is 0 Å². The number of ether oxygens (including phenoxy) is 1. The van der Waals surface area contributed by atoms with E-state index in [9.17, 15) is 31.1 Å². The molecule has 0 fully saturated rings. The number of aliphatic imine (C=N–C) groups is 1. The molecule has 31 heavy (non-hydrogen) atoms. The summed E-state index contributed by atoms with van der Waals surface area (Å²) in [6, 6.07) is 4.33. The van der Waals surface area contributed by atoms with Gasteiger partial charge in [-0.15, -0.1) is 0 Å². The number of nitrogens with one attached hydrogen (secondary N) is 1. The number of hydrogen-bond acceptors (Lipinski definition) is 5. The second-order valence-corrected chi connectivity index (χ2v) is 6.92. The second-order valence-electron chi connectivity index (χ2n) is 6.92. The van der Waals surface area contributed by atoms with E-state index in [0.717, 1.165) is 37.4 Å². The third-order valence-corrected chi connectivity index (χ3v) is 4.69. The highest BCUT2D eigenvalue weighted by atomic mass is 19.4. The summed E-state index contributed by atoms with van der Waals surface area (Å²) in [5, 5.41) is 2.12. The Balaban J connectivity index is 2.01. The van der Waals surface area contributed by atoms with Crippen LogP contribution in [0.4, 0.5) is 32.0 Å².